The molecule has 0 radical (unpaired) electrons. The van der Waals surface area contributed by atoms with Crippen LogP contribution in [0.15, 0.2) is 42.7 Å². The maximum atomic E-state index is 5.58. The van der Waals surface area contributed by atoms with Crippen molar-refractivity contribution in [2.75, 3.05) is 0 Å². The van der Waals surface area contributed by atoms with Crippen molar-refractivity contribution in [3.8, 4) is 5.75 Å². The van der Waals surface area contributed by atoms with Gasteiger partial charge in [-0.2, -0.15) is 0 Å². The Kier molecular flexibility index (Phi) is 6.42. The molecule has 0 heterocycles. The minimum atomic E-state index is -1.54. The third kappa shape index (κ3) is 4.59. The van der Waals surface area contributed by atoms with Crippen LogP contribution in [0.1, 0.15) is 20.8 Å². The van der Waals surface area contributed by atoms with E-state index < -0.39 is 13.3 Å². The van der Waals surface area contributed by atoms with Gasteiger partial charge in [-0.3, -0.25) is 0 Å². The molecule has 1 nitrogen and oxygen atoms in total. The molecule has 0 unspecified atom stereocenters. The fourth-order valence-corrected chi connectivity index (χ4v) is 8.32. The molecule has 2 heteroatoms. The fraction of sp³-hybridized carbons (Fsp3) is 0.467. The van der Waals surface area contributed by atoms with E-state index in [1.165, 1.54) is 21.0 Å². The zero-order chi connectivity index (χ0) is 12.6. The molecular weight excluding hydrogens is 269 g/mol. The van der Waals surface area contributed by atoms with E-state index in [0.29, 0.717) is 0 Å². The van der Waals surface area contributed by atoms with Crippen LogP contribution >= 0.6 is 0 Å². The molecular formula is C15H24GeO. The molecule has 0 atom stereocenters. The van der Waals surface area contributed by atoms with E-state index in [-0.39, 0.29) is 0 Å². The molecule has 1 aromatic carbocycles. The van der Waals surface area contributed by atoms with Crippen LogP contribution in [-0.4, -0.2) is 13.3 Å². The first kappa shape index (κ1) is 14.4. The number of ether oxygens (including phenoxy) is 1. The van der Waals surface area contributed by atoms with E-state index in [2.05, 4.69) is 26.8 Å². The molecule has 0 aliphatic carbocycles. The Morgan fingerprint density at radius 3 is 2.12 bits per heavy atom. The summed E-state index contributed by atoms with van der Waals surface area (Å²) < 4.78 is 5.58. The van der Waals surface area contributed by atoms with Crippen molar-refractivity contribution in [3.05, 3.63) is 42.7 Å². The van der Waals surface area contributed by atoms with E-state index >= 15 is 0 Å². The van der Waals surface area contributed by atoms with E-state index in [4.69, 9.17) is 4.74 Å². The number of benzene rings is 1. The zero-order valence-electron chi connectivity index (χ0n) is 11.3. The summed E-state index contributed by atoms with van der Waals surface area (Å²) in [7, 11) is 0. The van der Waals surface area contributed by atoms with Crippen LogP contribution in [0.3, 0.4) is 0 Å². The van der Waals surface area contributed by atoms with Crippen LogP contribution in [-0.2, 0) is 0 Å². The molecule has 0 N–H and O–H groups in total. The van der Waals surface area contributed by atoms with Gasteiger partial charge in [-0.15, -0.1) is 0 Å². The summed E-state index contributed by atoms with van der Waals surface area (Å²) in [4.78, 5) is 0. The third-order valence-electron chi connectivity index (χ3n) is 3.84. The van der Waals surface area contributed by atoms with Gasteiger partial charge in [0.1, 0.15) is 0 Å². The van der Waals surface area contributed by atoms with Crippen LogP contribution in [0.4, 0.5) is 0 Å². The van der Waals surface area contributed by atoms with Crippen LogP contribution < -0.4 is 4.74 Å². The second-order valence-electron chi connectivity index (χ2n) is 4.57. The van der Waals surface area contributed by atoms with Crippen LogP contribution in [0.25, 0.3) is 0 Å². The Morgan fingerprint density at radius 2 is 1.59 bits per heavy atom. The predicted molar refractivity (Wildman–Crippen MR) is 78.2 cm³/mol. The minimum absolute atomic E-state index is 0.923. The van der Waals surface area contributed by atoms with Crippen molar-refractivity contribution in [1.29, 1.82) is 0 Å². The SMILES string of the molecule is C[CH2][Ge]([CH2]C)([CH2]C)[CH2]/C=C/Oc1ccccc1. The molecule has 0 aliphatic rings. The van der Waals surface area contributed by atoms with E-state index in [0.717, 1.165) is 5.75 Å². The zero-order valence-corrected chi connectivity index (χ0v) is 13.4. The Labute approximate surface area is 108 Å². The van der Waals surface area contributed by atoms with Crippen LogP contribution in [0.5, 0.6) is 5.75 Å². The molecule has 0 spiro atoms. The average Bonchev–Trinajstić information content (AvgIpc) is 2.41. The fourth-order valence-electron chi connectivity index (χ4n) is 2.11. The Hall–Kier alpha value is -0.697. The average molecular weight is 293 g/mol. The quantitative estimate of drug-likeness (QED) is 0.502. The van der Waals surface area contributed by atoms with Crippen molar-refractivity contribution in [3.63, 3.8) is 0 Å². The number of rotatable bonds is 7. The van der Waals surface area contributed by atoms with Crippen molar-refractivity contribution < 1.29 is 4.74 Å². The van der Waals surface area contributed by atoms with Crippen molar-refractivity contribution >= 4 is 13.3 Å². The monoisotopic (exact) mass is 294 g/mol. The molecule has 0 amide bonds. The summed E-state index contributed by atoms with van der Waals surface area (Å²) in [5.74, 6) is 0.923. The van der Waals surface area contributed by atoms with Gasteiger partial charge in [0.05, 0.1) is 0 Å². The summed E-state index contributed by atoms with van der Waals surface area (Å²) in [6.45, 7) is 7.08. The molecule has 1 aromatic rings. The van der Waals surface area contributed by atoms with Gasteiger partial charge in [-0.25, -0.2) is 0 Å². The second-order valence-corrected chi connectivity index (χ2v) is 16.2. The Bertz CT molecular complexity index is 320. The molecule has 0 saturated heterocycles. The van der Waals surface area contributed by atoms with Crippen molar-refractivity contribution in [2.45, 2.75) is 41.8 Å². The maximum absolute atomic E-state index is 5.58. The summed E-state index contributed by atoms with van der Waals surface area (Å²) >= 11 is -1.54. The van der Waals surface area contributed by atoms with E-state index in [1.54, 1.807) is 0 Å². The van der Waals surface area contributed by atoms with E-state index in [9.17, 15) is 0 Å². The first-order valence-electron chi connectivity index (χ1n) is 6.63. The van der Waals surface area contributed by atoms with Gasteiger partial charge in [0.2, 0.25) is 0 Å². The molecule has 0 bridgehead atoms. The summed E-state index contributed by atoms with van der Waals surface area (Å²) in [6, 6.07) is 9.96. The van der Waals surface area contributed by atoms with Crippen molar-refractivity contribution in [2.24, 2.45) is 0 Å². The second kappa shape index (κ2) is 7.59. The van der Waals surface area contributed by atoms with Gasteiger partial charge >= 0.3 is 108 Å². The standard InChI is InChI=1S/C15H24GeO/c1-4-16(5-2,6-3)13-10-14-17-15-11-8-7-9-12-15/h7-12,14H,4-6,13H2,1-3H3/b14-10+. The summed E-state index contributed by atoms with van der Waals surface area (Å²) in [5, 5.41) is 5.55. The number of para-hydroxylation sites is 1. The molecule has 0 aromatic heterocycles. The summed E-state index contributed by atoms with van der Waals surface area (Å²) in [6.07, 6.45) is 4.11. The van der Waals surface area contributed by atoms with Gasteiger partial charge < -0.3 is 0 Å². The Morgan fingerprint density at radius 1 is 1.00 bits per heavy atom. The molecule has 94 valence electrons. The third-order valence-corrected chi connectivity index (χ3v) is 15.6. The first-order chi connectivity index (χ1) is 8.26. The predicted octanol–water partition coefficient (Wildman–Crippen LogP) is 5.09. The molecule has 17 heavy (non-hydrogen) atoms. The molecule has 0 fully saturated rings. The Balaban J connectivity index is 2.44. The van der Waals surface area contributed by atoms with Crippen LogP contribution in [0.2, 0.25) is 21.0 Å². The normalized spacial score (nSPS) is 11.9. The van der Waals surface area contributed by atoms with Crippen LogP contribution in [0, 0.1) is 0 Å². The molecule has 0 aliphatic heterocycles. The number of allylic oxidation sites excluding steroid dienone is 1. The summed E-state index contributed by atoms with van der Waals surface area (Å²) in [5.41, 5.74) is 0. The van der Waals surface area contributed by atoms with Gasteiger partial charge in [0, 0.05) is 0 Å². The number of hydrogen-bond donors (Lipinski definition) is 0. The first-order valence-corrected chi connectivity index (χ1v) is 12.6. The number of hydrogen-bond acceptors (Lipinski definition) is 1. The van der Waals surface area contributed by atoms with Gasteiger partial charge in [0.25, 0.3) is 0 Å². The molecule has 1 rings (SSSR count). The van der Waals surface area contributed by atoms with Gasteiger partial charge in [-0.05, 0) is 0 Å². The molecule has 0 saturated carbocycles. The topological polar surface area (TPSA) is 9.23 Å². The van der Waals surface area contributed by atoms with Crippen molar-refractivity contribution in [1.82, 2.24) is 0 Å². The van der Waals surface area contributed by atoms with Gasteiger partial charge in [0.15, 0.2) is 0 Å². The van der Waals surface area contributed by atoms with E-state index in [1.807, 2.05) is 36.6 Å². The van der Waals surface area contributed by atoms with Gasteiger partial charge in [-0.1, -0.05) is 0 Å².